The molecule has 0 aromatic heterocycles. The third-order valence-corrected chi connectivity index (χ3v) is 1.88. The van der Waals surface area contributed by atoms with Crippen molar-refractivity contribution in [3.05, 3.63) is 0 Å². The smallest absolute Gasteiger partial charge is 0.317 e. The van der Waals surface area contributed by atoms with Crippen LogP contribution in [0.2, 0.25) is 0 Å². The number of urea groups is 1. The Balaban J connectivity index is 3.52. The second kappa shape index (κ2) is 7.62. The van der Waals surface area contributed by atoms with Gasteiger partial charge in [-0.15, -0.1) is 0 Å². The molecule has 0 radical (unpaired) electrons. The van der Waals surface area contributed by atoms with E-state index in [0.717, 1.165) is 13.1 Å². The largest absolute Gasteiger partial charge is 0.377 e. The number of hydrogen-bond acceptors (Lipinski definition) is 2. The predicted octanol–water partition coefficient (Wildman–Crippen LogP) is 1.46. The second-order valence-corrected chi connectivity index (χ2v) is 3.32. The quantitative estimate of drug-likeness (QED) is 0.663. The lowest BCUT2D eigenvalue weighted by atomic mass is 10.5. The van der Waals surface area contributed by atoms with E-state index in [9.17, 15) is 4.79 Å². The van der Waals surface area contributed by atoms with Crippen molar-refractivity contribution in [1.29, 1.82) is 0 Å². The highest BCUT2D eigenvalue weighted by Gasteiger charge is 2.07. The molecule has 4 nitrogen and oxygen atoms in total. The summed E-state index contributed by atoms with van der Waals surface area (Å²) in [7, 11) is 0. The number of nitrogens with one attached hydrogen (secondary N) is 1. The molecule has 0 saturated heterocycles. The first kappa shape index (κ1) is 13.2. The van der Waals surface area contributed by atoms with Gasteiger partial charge in [-0.2, -0.15) is 0 Å². The van der Waals surface area contributed by atoms with E-state index in [2.05, 4.69) is 5.32 Å². The van der Waals surface area contributed by atoms with Gasteiger partial charge in [0.15, 0.2) is 0 Å². The van der Waals surface area contributed by atoms with Crippen LogP contribution in [-0.4, -0.2) is 43.3 Å². The fourth-order valence-corrected chi connectivity index (χ4v) is 1.08. The molecular weight excluding hydrogens is 180 g/mol. The second-order valence-electron chi connectivity index (χ2n) is 3.32. The van der Waals surface area contributed by atoms with Gasteiger partial charge < -0.3 is 15.0 Å². The summed E-state index contributed by atoms with van der Waals surface area (Å²) in [6.07, 6.45) is 0.223. The molecule has 84 valence electrons. The third kappa shape index (κ3) is 5.80. The van der Waals surface area contributed by atoms with Gasteiger partial charge in [0.1, 0.15) is 0 Å². The first-order valence-electron chi connectivity index (χ1n) is 5.26. The van der Waals surface area contributed by atoms with Crippen molar-refractivity contribution in [3.63, 3.8) is 0 Å². The molecule has 0 atom stereocenters. The van der Waals surface area contributed by atoms with Gasteiger partial charge in [-0.05, 0) is 27.7 Å². The molecule has 0 saturated carbocycles. The highest BCUT2D eigenvalue weighted by Crippen LogP contribution is 1.89. The number of carbonyl (C=O) groups excluding carboxylic acids is 1. The van der Waals surface area contributed by atoms with Crippen molar-refractivity contribution in [1.82, 2.24) is 10.2 Å². The Hall–Kier alpha value is -0.770. The molecule has 0 spiro atoms. The zero-order valence-electron chi connectivity index (χ0n) is 9.67. The van der Waals surface area contributed by atoms with Crippen LogP contribution in [0.1, 0.15) is 27.7 Å². The number of amides is 2. The van der Waals surface area contributed by atoms with E-state index in [4.69, 9.17) is 4.74 Å². The van der Waals surface area contributed by atoms with Crippen LogP contribution in [0.15, 0.2) is 0 Å². The first-order valence-corrected chi connectivity index (χ1v) is 5.26. The van der Waals surface area contributed by atoms with Gasteiger partial charge in [0.2, 0.25) is 0 Å². The predicted molar refractivity (Wildman–Crippen MR) is 57.4 cm³/mol. The standard InChI is InChI=1S/C10H22N2O2/c1-5-12(6-2)10(13)11-7-8-14-9(3)4/h9H,5-8H2,1-4H3,(H,11,13). The van der Waals surface area contributed by atoms with E-state index in [1.807, 2.05) is 27.7 Å². The van der Waals surface area contributed by atoms with E-state index >= 15 is 0 Å². The molecule has 0 rings (SSSR count). The number of nitrogens with zero attached hydrogens (tertiary/aromatic N) is 1. The summed E-state index contributed by atoms with van der Waals surface area (Å²) in [5.41, 5.74) is 0. The molecule has 0 fully saturated rings. The molecule has 0 aliphatic rings. The summed E-state index contributed by atoms with van der Waals surface area (Å²) in [6.45, 7) is 10.5. The fourth-order valence-electron chi connectivity index (χ4n) is 1.08. The Bertz CT molecular complexity index is 156. The van der Waals surface area contributed by atoms with Crippen LogP contribution in [0.5, 0.6) is 0 Å². The van der Waals surface area contributed by atoms with Crippen molar-refractivity contribution < 1.29 is 9.53 Å². The molecule has 0 aromatic carbocycles. The van der Waals surface area contributed by atoms with Gasteiger partial charge in [-0.1, -0.05) is 0 Å². The van der Waals surface area contributed by atoms with Gasteiger partial charge in [-0.3, -0.25) is 0 Å². The Morgan fingerprint density at radius 1 is 1.36 bits per heavy atom. The van der Waals surface area contributed by atoms with Crippen LogP contribution in [0.3, 0.4) is 0 Å². The van der Waals surface area contributed by atoms with Crippen LogP contribution >= 0.6 is 0 Å². The van der Waals surface area contributed by atoms with Crippen LogP contribution in [-0.2, 0) is 4.74 Å². The lowest BCUT2D eigenvalue weighted by Gasteiger charge is -2.19. The Labute approximate surface area is 86.6 Å². The summed E-state index contributed by atoms with van der Waals surface area (Å²) in [5, 5.41) is 2.80. The van der Waals surface area contributed by atoms with Crippen molar-refractivity contribution in [2.24, 2.45) is 0 Å². The average molecular weight is 202 g/mol. The molecule has 0 aromatic rings. The maximum Gasteiger partial charge on any atom is 0.317 e. The van der Waals surface area contributed by atoms with Crippen LogP contribution in [0.25, 0.3) is 0 Å². The van der Waals surface area contributed by atoms with E-state index in [1.165, 1.54) is 0 Å². The highest BCUT2D eigenvalue weighted by molar-refractivity contribution is 5.73. The lowest BCUT2D eigenvalue weighted by Crippen LogP contribution is -2.41. The SMILES string of the molecule is CCN(CC)C(=O)NCCOC(C)C. The molecule has 0 aliphatic heterocycles. The maximum atomic E-state index is 11.4. The molecule has 4 heteroatoms. The monoisotopic (exact) mass is 202 g/mol. The van der Waals surface area contributed by atoms with Crippen LogP contribution in [0, 0.1) is 0 Å². The van der Waals surface area contributed by atoms with Gasteiger partial charge in [0.25, 0.3) is 0 Å². The molecule has 0 unspecified atom stereocenters. The lowest BCUT2D eigenvalue weighted by molar-refractivity contribution is 0.0808. The van der Waals surface area contributed by atoms with Crippen molar-refractivity contribution >= 4 is 6.03 Å². The summed E-state index contributed by atoms with van der Waals surface area (Å²) >= 11 is 0. The van der Waals surface area contributed by atoms with Crippen LogP contribution in [0.4, 0.5) is 4.79 Å². The minimum atomic E-state index is -0.0117. The minimum absolute atomic E-state index is 0.0117. The summed E-state index contributed by atoms with van der Waals surface area (Å²) in [4.78, 5) is 13.2. The number of hydrogen-bond donors (Lipinski definition) is 1. The Morgan fingerprint density at radius 3 is 2.36 bits per heavy atom. The molecule has 2 amide bonds. The molecule has 0 aliphatic carbocycles. The number of carbonyl (C=O) groups is 1. The number of ether oxygens (including phenoxy) is 1. The average Bonchev–Trinajstić information content (AvgIpc) is 2.14. The topological polar surface area (TPSA) is 41.6 Å². The van der Waals surface area contributed by atoms with Crippen LogP contribution < -0.4 is 5.32 Å². The zero-order chi connectivity index (χ0) is 11.0. The van der Waals surface area contributed by atoms with Gasteiger partial charge >= 0.3 is 6.03 Å². The minimum Gasteiger partial charge on any atom is -0.377 e. The van der Waals surface area contributed by atoms with Gasteiger partial charge in [0, 0.05) is 19.6 Å². The molecule has 0 bridgehead atoms. The highest BCUT2D eigenvalue weighted by atomic mass is 16.5. The summed E-state index contributed by atoms with van der Waals surface area (Å²) < 4.78 is 5.31. The molecule has 0 heterocycles. The summed E-state index contributed by atoms with van der Waals surface area (Å²) in [5.74, 6) is 0. The maximum absolute atomic E-state index is 11.4. The van der Waals surface area contributed by atoms with Crippen molar-refractivity contribution in [3.8, 4) is 0 Å². The fraction of sp³-hybridized carbons (Fsp3) is 0.900. The molecular formula is C10H22N2O2. The zero-order valence-corrected chi connectivity index (χ0v) is 9.67. The van der Waals surface area contributed by atoms with E-state index in [-0.39, 0.29) is 12.1 Å². The third-order valence-electron chi connectivity index (χ3n) is 1.88. The van der Waals surface area contributed by atoms with E-state index < -0.39 is 0 Å². The van der Waals surface area contributed by atoms with Crippen molar-refractivity contribution in [2.75, 3.05) is 26.2 Å². The molecule has 1 N–H and O–H groups in total. The molecule has 14 heavy (non-hydrogen) atoms. The Kier molecular flexibility index (Phi) is 7.20. The first-order chi connectivity index (χ1) is 6.61. The van der Waals surface area contributed by atoms with E-state index in [0.29, 0.717) is 13.2 Å². The normalized spacial score (nSPS) is 10.4. The van der Waals surface area contributed by atoms with Gasteiger partial charge in [0.05, 0.1) is 12.7 Å². The Morgan fingerprint density at radius 2 is 1.93 bits per heavy atom. The number of rotatable bonds is 6. The van der Waals surface area contributed by atoms with E-state index in [1.54, 1.807) is 4.90 Å². The van der Waals surface area contributed by atoms with Gasteiger partial charge in [-0.25, -0.2) is 4.79 Å². The van der Waals surface area contributed by atoms with Crippen molar-refractivity contribution in [2.45, 2.75) is 33.8 Å². The summed E-state index contributed by atoms with van der Waals surface area (Å²) in [6, 6.07) is -0.0117.